The first kappa shape index (κ1) is 7.56. The van der Waals surface area contributed by atoms with Gasteiger partial charge in [-0.15, -0.1) is 0 Å². The van der Waals surface area contributed by atoms with E-state index >= 15 is 0 Å². The molecule has 0 bridgehead atoms. The van der Waals surface area contributed by atoms with Crippen molar-refractivity contribution in [1.29, 1.82) is 5.26 Å². The normalized spacial score (nSPS) is 27.2. The Morgan fingerprint density at radius 3 is 2.60 bits per heavy atom. The Morgan fingerprint density at radius 1 is 1.60 bits per heavy atom. The van der Waals surface area contributed by atoms with Crippen LogP contribution in [0.2, 0.25) is 0 Å². The van der Waals surface area contributed by atoms with Crippen molar-refractivity contribution < 1.29 is 0 Å². The topological polar surface area (TPSA) is 27.0 Å². The molecule has 0 amide bonds. The molecule has 0 aromatic carbocycles. The molecule has 0 radical (unpaired) electrons. The summed E-state index contributed by atoms with van der Waals surface area (Å²) in [6.07, 6.45) is 1.06. The zero-order valence-electron chi connectivity index (χ0n) is 6.67. The van der Waals surface area contributed by atoms with Crippen molar-refractivity contribution in [3.8, 4) is 6.07 Å². The van der Waals surface area contributed by atoms with Crippen LogP contribution in [0, 0.1) is 17.2 Å². The summed E-state index contributed by atoms with van der Waals surface area (Å²) in [4.78, 5) is 2.36. The molecule has 1 aliphatic rings. The maximum atomic E-state index is 8.59. The van der Waals surface area contributed by atoms with Crippen LogP contribution < -0.4 is 0 Å². The Morgan fingerprint density at radius 2 is 2.30 bits per heavy atom. The molecule has 1 atom stereocenters. The predicted octanol–water partition coefficient (Wildman–Crippen LogP) is 1.24. The van der Waals surface area contributed by atoms with E-state index in [0.717, 1.165) is 19.5 Å². The molecule has 1 heterocycles. The Labute approximate surface area is 62.4 Å². The van der Waals surface area contributed by atoms with Crippen molar-refractivity contribution >= 4 is 0 Å². The highest BCUT2D eigenvalue weighted by atomic mass is 15.2. The summed E-state index contributed by atoms with van der Waals surface area (Å²) in [6.45, 7) is 6.45. The smallest absolute Gasteiger partial charge is 0.0669 e. The summed E-state index contributed by atoms with van der Waals surface area (Å²) in [5.41, 5.74) is 0. The molecule has 0 N–H and O–H groups in total. The molecule has 1 fully saturated rings. The van der Waals surface area contributed by atoms with Crippen LogP contribution in [0.4, 0.5) is 0 Å². The highest BCUT2D eigenvalue weighted by Crippen LogP contribution is 2.16. The second-order valence-corrected chi connectivity index (χ2v) is 3.20. The lowest BCUT2D eigenvalue weighted by Crippen LogP contribution is -2.27. The standard InChI is InChI=1S/C8H14N2/c1-7(2)10-4-3-8(5-9)6-10/h7-8H,3-4,6H2,1-2H3/t8-/m1/s1. The first-order chi connectivity index (χ1) is 4.74. The number of nitriles is 1. The van der Waals surface area contributed by atoms with Crippen LogP contribution in [0.25, 0.3) is 0 Å². The number of hydrogen-bond acceptors (Lipinski definition) is 2. The lowest BCUT2D eigenvalue weighted by molar-refractivity contribution is 0.271. The van der Waals surface area contributed by atoms with Crippen molar-refractivity contribution in [2.24, 2.45) is 5.92 Å². The minimum absolute atomic E-state index is 0.294. The van der Waals surface area contributed by atoms with E-state index in [0.29, 0.717) is 12.0 Å². The highest BCUT2D eigenvalue weighted by Gasteiger charge is 2.23. The van der Waals surface area contributed by atoms with Gasteiger partial charge in [0.25, 0.3) is 0 Å². The molecule has 1 saturated heterocycles. The zero-order valence-corrected chi connectivity index (χ0v) is 6.67. The Balaban J connectivity index is 2.37. The number of nitrogens with zero attached hydrogens (tertiary/aromatic N) is 2. The highest BCUT2D eigenvalue weighted by molar-refractivity contribution is 4.91. The fraction of sp³-hybridized carbons (Fsp3) is 0.875. The van der Waals surface area contributed by atoms with Gasteiger partial charge in [0.1, 0.15) is 0 Å². The van der Waals surface area contributed by atoms with Gasteiger partial charge in [-0.3, -0.25) is 4.90 Å². The van der Waals surface area contributed by atoms with Crippen LogP contribution in [0.15, 0.2) is 0 Å². The molecular formula is C8H14N2. The summed E-state index contributed by atoms with van der Waals surface area (Å²) in [6, 6.07) is 2.92. The van der Waals surface area contributed by atoms with E-state index in [1.54, 1.807) is 0 Å². The summed E-state index contributed by atoms with van der Waals surface area (Å²) < 4.78 is 0. The first-order valence-corrected chi connectivity index (χ1v) is 3.87. The maximum Gasteiger partial charge on any atom is 0.0669 e. The number of likely N-dealkylation sites (tertiary alicyclic amines) is 1. The van der Waals surface area contributed by atoms with Gasteiger partial charge < -0.3 is 0 Å². The van der Waals surface area contributed by atoms with Gasteiger partial charge in [0, 0.05) is 12.6 Å². The van der Waals surface area contributed by atoms with Crippen LogP contribution in [0.3, 0.4) is 0 Å². The Bertz CT molecular complexity index is 146. The minimum Gasteiger partial charge on any atom is -0.300 e. The van der Waals surface area contributed by atoms with E-state index < -0.39 is 0 Å². The fourth-order valence-corrected chi connectivity index (χ4v) is 1.36. The van der Waals surface area contributed by atoms with Gasteiger partial charge in [-0.1, -0.05) is 0 Å². The average molecular weight is 138 g/mol. The summed E-state index contributed by atoms with van der Waals surface area (Å²) >= 11 is 0. The van der Waals surface area contributed by atoms with E-state index in [1.807, 2.05) is 0 Å². The van der Waals surface area contributed by atoms with Gasteiger partial charge in [0.15, 0.2) is 0 Å². The first-order valence-electron chi connectivity index (χ1n) is 3.87. The van der Waals surface area contributed by atoms with Crippen molar-refractivity contribution in [2.45, 2.75) is 26.3 Å². The second kappa shape index (κ2) is 3.03. The summed E-state index contributed by atoms with van der Waals surface area (Å²) in [5, 5.41) is 8.59. The molecule has 2 heteroatoms. The lowest BCUT2D eigenvalue weighted by Gasteiger charge is -2.18. The van der Waals surface area contributed by atoms with Gasteiger partial charge in [0.2, 0.25) is 0 Å². The molecule has 2 nitrogen and oxygen atoms in total. The molecule has 1 aliphatic heterocycles. The minimum atomic E-state index is 0.294. The molecule has 0 aromatic heterocycles. The summed E-state index contributed by atoms with van der Waals surface area (Å²) in [7, 11) is 0. The monoisotopic (exact) mass is 138 g/mol. The SMILES string of the molecule is CC(C)N1CC[C@H](C#N)C1. The quantitative estimate of drug-likeness (QED) is 0.545. The molecule has 0 spiro atoms. The largest absolute Gasteiger partial charge is 0.300 e. The van der Waals surface area contributed by atoms with E-state index in [1.165, 1.54) is 0 Å². The van der Waals surface area contributed by atoms with Gasteiger partial charge in [-0.2, -0.15) is 5.26 Å². The molecule has 1 rings (SSSR count). The van der Waals surface area contributed by atoms with Gasteiger partial charge in [0.05, 0.1) is 12.0 Å². The summed E-state index contributed by atoms with van der Waals surface area (Å²) in [5.74, 6) is 0.294. The number of rotatable bonds is 1. The van der Waals surface area contributed by atoms with Crippen molar-refractivity contribution in [3.63, 3.8) is 0 Å². The van der Waals surface area contributed by atoms with Crippen molar-refractivity contribution in [2.75, 3.05) is 13.1 Å². The Kier molecular flexibility index (Phi) is 2.29. The maximum absolute atomic E-state index is 8.59. The van der Waals surface area contributed by atoms with Crippen LogP contribution in [0.1, 0.15) is 20.3 Å². The molecule has 0 aromatic rings. The second-order valence-electron chi connectivity index (χ2n) is 3.20. The van der Waals surface area contributed by atoms with Crippen LogP contribution in [-0.4, -0.2) is 24.0 Å². The van der Waals surface area contributed by atoms with Gasteiger partial charge >= 0.3 is 0 Å². The molecule has 0 aliphatic carbocycles. The van der Waals surface area contributed by atoms with Crippen LogP contribution in [-0.2, 0) is 0 Å². The molecule has 10 heavy (non-hydrogen) atoms. The third-order valence-electron chi connectivity index (χ3n) is 2.13. The Hall–Kier alpha value is -0.550. The van der Waals surface area contributed by atoms with Crippen LogP contribution >= 0.6 is 0 Å². The molecule has 0 unspecified atom stereocenters. The third-order valence-corrected chi connectivity index (χ3v) is 2.13. The van der Waals surface area contributed by atoms with E-state index in [4.69, 9.17) is 5.26 Å². The van der Waals surface area contributed by atoms with E-state index in [2.05, 4.69) is 24.8 Å². The fourth-order valence-electron chi connectivity index (χ4n) is 1.36. The van der Waals surface area contributed by atoms with E-state index in [-0.39, 0.29) is 0 Å². The lowest BCUT2D eigenvalue weighted by atomic mass is 10.1. The molecule has 0 saturated carbocycles. The van der Waals surface area contributed by atoms with Crippen LogP contribution in [0.5, 0.6) is 0 Å². The molecule has 56 valence electrons. The van der Waals surface area contributed by atoms with E-state index in [9.17, 15) is 0 Å². The third kappa shape index (κ3) is 1.48. The average Bonchev–Trinajstić information content (AvgIpc) is 2.34. The van der Waals surface area contributed by atoms with Crippen molar-refractivity contribution in [3.05, 3.63) is 0 Å². The van der Waals surface area contributed by atoms with Gasteiger partial charge in [-0.05, 0) is 26.8 Å². The van der Waals surface area contributed by atoms with Gasteiger partial charge in [-0.25, -0.2) is 0 Å². The zero-order chi connectivity index (χ0) is 7.56. The predicted molar refractivity (Wildman–Crippen MR) is 40.4 cm³/mol. The molecular weight excluding hydrogens is 124 g/mol. The number of hydrogen-bond donors (Lipinski definition) is 0. The van der Waals surface area contributed by atoms with Crippen molar-refractivity contribution in [1.82, 2.24) is 4.90 Å².